The molecule has 1 saturated heterocycles. The summed E-state index contributed by atoms with van der Waals surface area (Å²) in [4.78, 5) is 23.5. The van der Waals surface area contributed by atoms with Crippen molar-refractivity contribution in [3.63, 3.8) is 0 Å². The summed E-state index contributed by atoms with van der Waals surface area (Å²) in [5.74, 6) is -0.112. The molecule has 2 atom stereocenters. The monoisotopic (exact) mass is 263 g/mol. The zero-order valence-electron chi connectivity index (χ0n) is 11.0. The second-order valence-electron chi connectivity index (χ2n) is 4.35. The van der Waals surface area contributed by atoms with Gasteiger partial charge in [-0.3, -0.25) is 4.79 Å². The van der Waals surface area contributed by atoms with Gasteiger partial charge in [-0.1, -0.05) is 18.2 Å². The largest absolute Gasteiger partial charge is 0.496 e. The summed E-state index contributed by atoms with van der Waals surface area (Å²) in [6, 6.07) is 6.77. The van der Waals surface area contributed by atoms with E-state index in [1.165, 1.54) is 0 Å². The van der Waals surface area contributed by atoms with Gasteiger partial charge in [0.25, 0.3) is 0 Å². The molecule has 0 saturated carbocycles. The van der Waals surface area contributed by atoms with E-state index in [9.17, 15) is 9.59 Å². The Morgan fingerprint density at radius 2 is 2.16 bits per heavy atom. The maximum Gasteiger partial charge on any atom is 0.329 e. The van der Waals surface area contributed by atoms with Crippen LogP contribution in [0.2, 0.25) is 0 Å². The summed E-state index contributed by atoms with van der Waals surface area (Å²) in [5.41, 5.74) is 0.849. The molecule has 5 nitrogen and oxygen atoms in total. The fraction of sp³-hybridized carbons (Fsp3) is 0.429. The minimum atomic E-state index is -0.635. The molecular formula is C14H17NO4. The lowest BCUT2D eigenvalue weighted by atomic mass is 9.91. The Morgan fingerprint density at radius 3 is 2.84 bits per heavy atom. The van der Waals surface area contributed by atoms with Gasteiger partial charge in [-0.05, 0) is 13.0 Å². The van der Waals surface area contributed by atoms with E-state index in [2.05, 4.69) is 5.32 Å². The molecule has 5 heteroatoms. The molecule has 0 bridgehead atoms. The van der Waals surface area contributed by atoms with E-state index in [4.69, 9.17) is 9.47 Å². The van der Waals surface area contributed by atoms with E-state index < -0.39 is 12.0 Å². The number of nitrogens with one attached hydrogen (secondary N) is 1. The van der Waals surface area contributed by atoms with Crippen molar-refractivity contribution < 1.29 is 19.1 Å². The molecule has 1 fully saturated rings. The zero-order valence-corrected chi connectivity index (χ0v) is 11.0. The smallest absolute Gasteiger partial charge is 0.329 e. The minimum absolute atomic E-state index is 0.144. The topological polar surface area (TPSA) is 64.6 Å². The average Bonchev–Trinajstić information content (AvgIpc) is 2.81. The Balaban J connectivity index is 2.30. The van der Waals surface area contributed by atoms with E-state index in [0.717, 1.165) is 5.56 Å². The molecule has 1 amide bonds. The predicted octanol–water partition coefficient (Wildman–Crippen LogP) is 1.23. The van der Waals surface area contributed by atoms with Gasteiger partial charge in [0.05, 0.1) is 13.7 Å². The Labute approximate surface area is 111 Å². The first-order valence-corrected chi connectivity index (χ1v) is 6.26. The van der Waals surface area contributed by atoms with Crippen LogP contribution in [-0.4, -0.2) is 31.6 Å². The number of esters is 1. The number of hydrogen-bond donors (Lipinski definition) is 1. The van der Waals surface area contributed by atoms with Crippen LogP contribution in [-0.2, 0) is 14.3 Å². The Hall–Kier alpha value is -2.04. The van der Waals surface area contributed by atoms with Gasteiger partial charge in [0.2, 0.25) is 5.91 Å². The molecule has 0 aromatic heterocycles. The Kier molecular flexibility index (Phi) is 4.04. The fourth-order valence-electron chi connectivity index (χ4n) is 2.37. The highest BCUT2D eigenvalue weighted by atomic mass is 16.5. The number of benzene rings is 1. The van der Waals surface area contributed by atoms with Crippen molar-refractivity contribution in [2.45, 2.75) is 25.3 Å². The molecule has 19 heavy (non-hydrogen) atoms. The van der Waals surface area contributed by atoms with Crippen LogP contribution < -0.4 is 10.1 Å². The van der Waals surface area contributed by atoms with Gasteiger partial charge < -0.3 is 14.8 Å². The molecule has 0 aliphatic carbocycles. The molecule has 0 spiro atoms. The molecule has 1 aromatic carbocycles. The van der Waals surface area contributed by atoms with Crippen LogP contribution in [0, 0.1) is 0 Å². The summed E-state index contributed by atoms with van der Waals surface area (Å²) in [5, 5.41) is 2.67. The lowest BCUT2D eigenvalue weighted by Crippen LogP contribution is -2.37. The summed E-state index contributed by atoms with van der Waals surface area (Å²) in [6.07, 6.45) is 0.268. The van der Waals surface area contributed by atoms with Crippen LogP contribution in [0.25, 0.3) is 0 Å². The summed E-state index contributed by atoms with van der Waals surface area (Å²) < 4.78 is 10.3. The lowest BCUT2D eigenvalue weighted by molar-refractivity contribution is -0.146. The van der Waals surface area contributed by atoms with Crippen molar-refractivity contribution in [2.24, 2.45) is 0 Å². The van der Waals surface area contributed by atoms with Gasteiger partial charge in [-0.2, -0.15) is 0 Å². The Morgan fingerprint density at radius 1 is 1.42 bits per heavy atom. The van der Waals surface area contributed by atoms with Crippen LogP contribution >= 0.6 is 0 Å². The molecule has 0 radical (unpaired) electrons. The first-order valence-electron chi connectivity index (χ1n) is 6.26. The van der Waals surface area contributed by atoms with E-state index in [-0.39, 0.29) is 18.2 Å². The summed E-state index contributed by atoms with van der Waals surface area (Å²) in [7, 11) is 1.57. The molecule has 102 valence electrons. The Bertz CT molecular complexity index is 486. The first kappa shape index (κ1) is 13.4. The van der Waals surface area contributed by atoms with Crippen LogP contribution in [0.15, 0.2) is 24.3 Å². The number of amides is 1. The van der Waals surface area contributed by atoms with E-state index in [1.807, 2.05) is 24.3 Å². The molecule has 1 aliphatic heterocycles. The van der Waals surface area contributed by atoms with Crippen molar-refractivity contribution in [3.05, 3.63) is 29.8 Å². The molecular weight excluding hydrogens is 246 g/mol. The van der Waals surface area contributed by atoms with Gasteiger partial charge in [-0.15, -0.1) is 0 Å². The third-order valence-electron chi connectivity index (χ3n) is 3.20. The minimum Gasteiger partial charge on any atom is -0.496 e. The van der Waals surface area contributed by atoms with Gasteiger partial charge in [0, 0.05) is 17.9 Å². The van der Waals surface area contributed by atoms with Gasteiger partial charge in [-0.25, -0.2) is 4.79 Å². The second-order valence-corrected chi connectivity index (χ2v) is 4.35. The lowest BCUT2D eigenvalue weighted by Gasteiger charge is -2.19. The highest BCUT2D eigenvalue weighted by molar-refractivity contribution is 5.90. The van der Waals surface area contributed by atoms with Crippen LogP contribution in [0.5, 0.6) is 5.75 Å². The fourth-order valence-corrected chi connectivity index (χ4v) is 2.37. The van der Waals surface area contributed by atoms with E-state index in [1.54, 1.807) is 14.0 Å². The number of carbonyl (C=O) groups excluding carboxylic acids is 2. The van der Waals surface area contributed by atoms with Crippen LogP contribution in [0.4, 0.5) is 0 Å². The highest BCUT2D eigenvalue weighted by Gasteiger charge is 2.40. The van der Waals surface area contributed by atoms with Crippen LogP contribution in [0.1, 0.15) is 24.8 Å². The number of ether oxygens (including phenoxy) is 2. The molecule has 2 unspecified atom stereocenters. The maximum absolute atomic E-state index is 11.9. The van der Waals surface area contributed by atoms with Gasteiger partial charge in [0.1, 0.15) is 11.8 Å². The first-order chi connectivity index (χ1) is 9.17. The second kappa shape index (κ2) is 5.73. The molecule has 2 rings (SSSR count). The quantitative estimate of drug-likeness (QED) is 0.830. The van der Waals surface area contributed by atoms with Crippen molar-refractivity contribution in [1.82, 2.24) is 5.32 Å². The third-order valence-corrected chi connectivity index (χ3v) is 3.20. The summed E-state index contributed by atoms with van der Waals surface area (Å²) >= 11 is 0. The predicted molar refractivity (Wildman–Crippen MR) is 68.9 cm³/mol. The third kappa shape index (κ3) is 2.70. The van der Waals surface area contributed by atoms with Crippen molar-refractivity contribution in [2.75, 3.05) is 13.7 Å². The molecule has 1 aromatic rings. The molecule has 1 N–H and O–H groups in total. The molecule has 1 heterocycles. The molecule has 1 aliphatic rings. The highest BCUT2D eigenvalue weighted by Crippen LogP contribution is 2.34. The number of carbonyl (C=O) groups is 2. The van der Waals surface area contributed by atoms with Crippen LogP contribution in [0.3, 0.4) is 0 Å². The number of methoxy groups -OCH3 is 1. The van der Waals surface area contributed by atoms with E-state index in [0.29, 0.717) is 12.4 Å². The maximum atomic E-state index is 11.9. The number of rotatable bonds is 4. The van der Waals surface area contributed by atoms with E-state index >= 15 is 0 Å². The van der Waals surface area contributed by atoms with Gasteiger partial charge >= 0.3 is 5.97 Å². The average molecular weight is 263 g/mol. The number of para-hydroxylation sites is 1. The number of hydrogen-bond acceptors (Lipinski definition) is 4. The van der Waals surface area contributed by atoms with Crippen molar-refractivity contribution in [3.8, 4) is 5.75 Å². The zero-order chi connectivity index (χ0) is 13.8. The summed E-state index contributed by atoms with van der Waals surface area (Å²) in [6.45, 7) is 2.04. The van der Waals surface area contributed by atoms with Gasteiger partial charge in [0.15, 0.2) is 0 Å². The normalized spacial score (nSPS) is 21.9. The standard InChI is InChI=1S/C14H17NO4/c1-3-19-14(17)13-10(8-12(16)15-13)9-6-4-5-7-11(9)18-2/h4-7,10,13H,3,8H2,1-2H3,(H,15,16). The van der Waals surface area contributed by atoms with Crippen molar-refractivity contribution in [1.29, 1.82) is 0 Å². The SMILES string of the molecule is CCOC(=O)C1NC(=O)CC1c1ccccc1OC. The van der Waals surface area contributed by atoms with Crippen molar-refractivity contribution >= 4 is 11.9 Å².